The van der Waals surface area contributed by atoms with Gasteiger partial charge in [0.1, 0.15) is 11.8 Å². The molecule has 13 nitrogen and oxygen atoms in total. The summed E-state index contributed by atoms with van der Waals surface area (Å²) >= 11 is 0. The number of carboxylic acids is 1. The van der Waals surface area contributed by atoms with Crippen LogP contribution in [0.1, 0.15) is 16.8 Å². The summed E-state index contributed by atoms with van der Waals surface area (Å²) in [6, 6.07) is 6.40. The highest BCUT2D eigenvalue weighted by Gasteiger charge is 2.20. The van der Waals surface area contributed by atoms with Crippen LogP contribution in [-0.4, -0.2) is 63.0 Å². The Labute approximate surface area is 193 Å². The lowest BCUT2D eigenvalue weighted by atomic mass is 10.2. The maximum Gasteiger partial charge on any atom is 0.328 e. The molecule has 1 amide bonds. The minimum atomic E-state index is -1.20. The number of nitrogens with zero attached hydrogens (tertiary/aromatic N) is 4. The largest absolute Gasteiger partial charge is 0.492 e. The summed E-state index contributed by atoms with van der Waals surface area (Å²) in [6.45, 7) is 0.522. The van der Waals surface area contributed by atoms with Gasteiger partial charge in [0.2, 0.25) is 5.95 Å². The van der Waals surface area contributed by atoms with E-state index in [4.69, 9.17) is 16.2 Å². The number of aliphatic imine (C=N–C) groups is 1. The summed E-state index contributed by atoms with van der Waals surface area (Å²) in [5.74, 6) is -1.20. The summed E-state index contributed by atoms with van der Waals surface area (Å²) in [7, 11) is 0. The molecule has 0 saturated heterocycles. The lowest BCUT2D eigenvalue weighted by molar-refractivity contribution is -0.137. The van der Waals surface area contributed by atoms with Crippen molar-refractivity contribution in [1.29, 1.82) is 0 Å². The Morgan fingerprint density at radius 2 is 1.97 bits per heavy atom. The number of aliphatic carboxylic acids is 1. The monoisotopic (exact) mass is 468 g/mol. The number of carbonyl (C=O) groups is 2. The molecule has 3 aromatic heterocycles. The van der Waals surface area contributed by atoms with E-state index in [0.29, 0.717) is 30.8 Å². The maximum absolute atomic E-state index is 12.6. The van der Waals surface area contributed by atoms with Crippen LogP contribution in [0.2, 0.25) is 0 Å². The fourth-order valence-corrected chi connectivity index (χ4v) is 2.91. The Morgan fingerprint density at radius 1 is 1.21 bits per heavy atom. The standard InChI is InChI=1S/C21H24N8O5/c22-20(23)24-7-2-8-34-15-4-3-14-9-13(10-17(30)29(14)12-15)18(31)27-11-16(19(32)33)28-21-25-5-1-6-26-21/h1,3-6,9-10,12,16H,2,7-8,11H2,(H,27,31)(H,32,33)(H4,22,23,24)(H,25,26,28). The van der Waals surface area contributed by atoms with Crippen LogP contribution in [0.3, 0.4) is 0 Å². The number of aromatic nitrogens is 3. The molecule has 13 heteroatoms. The molecule has 0 saturated carbocycles. The van der Waals surface area contributed by atoms with Crippen molar-refractivity contribution in [2.24, 2.45) is 16.5 Å². The quantitative estimate of drug-likeness (QED) is 0.138. The second-order valence-corrected chi connectivity index (χ2v) is 7.07. The first-order chi connectivity index (χ1) is 16.3. The Hall–Kier alpha value is -4.68. The molecular formula is C21H24N8O5. The van der Waals surface area contributed by atoms with Gasteiger partial charge in [-0.2, -0.15) is 0 Å². The predicted molar refractivity (Wildman–Crippen MR) is 124 cm³/mol. The number of hydrogen-bond acceptors (Lipinski definition) is 8. The molecule has 0 spiro atoms. The first-order valence-electron chi connectivity index (χ1n) is 10.2. The molecule has 0 fully saturated rings. The Kier molecular flexibility index (Phi) is 7.94. The van der Waals surface area contributed by atoms with Crippen LogP contribution in [0.5, 0.6) is 5.75 Å². The number of guanidine groups is 1. The van der Waals surface area contributed by atoms with E-state index >= 15 is 0 Å². The molecule has 0 aliphatic rings. The van der Waals surface area contributed by atoms with E-state index in [-0.39, 0.29) is 24.0 Å². The van der Waals surface area contributed by atoms with Crippen molar-refractivity contribution in [3.63, 3.8) is 0 Å². The molecule has 7 N–H and O–H groups in total. The van der Waals surface area contributed by atoms with Gasteiger partial charge in [0.25, 0.3) is 11.5 Å². The third-order valence-electron chi connectivity index (χ3n) is 4.53. The van der Waals surface area contributed by atoms with Gasteiger partial charge in [0, 0.05) is 49.1 Å². The fourth-order valence-electron chi connectivity index (χ4n) is 2.91. The van der Waals surface area contributed by atoms with Gasteiger partial charge in [-0.15, -0.1) is 0 Å². The van der Waals surface area contributed by atoms with E-state index in [2.05, 4.69) is 25.6 Å². The van der Waals surface area contributed by atoms with Crippen LogP contribution in [0.15, 0.2) is 58.7 Å². The highest BCUT2D eigenvalue weighted by Crippen LogP contribution is 2.13. The van der Waals surface area contributed by atoms with E-state index < -0.39 is 23.5 Å². The van der Waals surface area contributed by atoms with E-state index in [0.717, 1.165) is 6.07 Å². The predicted octanol–water partition coefficient (Wildman–Crippen LogP) is -0.573. The lowest BCUT2D eigenvalue weighted by Gasteiger charge is -2.15. The molecular weight excluding hydrogens is 444 g/mol. The number of anilines is 1. The van der Waals surface area contributed by atoms with Gasteiger partial charge in [0.05, 0.1) is 12.8 Å². The molecule has 3 aromatic rings. The smallest absolute Gasteiger partial charge is 0.328 e. The Bertz CT molecular complexity index is 1240. The number of ether oxygens (including phenoxy) is 1. The summed E-state index contributed by atoms with van der Waals surface area (Å²) in [4.78, 5) is 48.3. The van der Waals surface area contributed by atoms with Crippen LogP contribution in [0.4, 0.5) is 5.95 Å². The van der Waals surface area contributed by atoms with Crippen molar-refractivity contribution >= 4 is 29.3 Å². The number of nitrogens with one attached hydrogen (secondary N) is 2. The highest BCUT2D eigenvalue weighted by atomic mass is 16.5. The molecule has 0 aliphatic heterocycles. The van der Waals surface area contributed by atoms with Gasteiger partial charge >= 0.3 is 5.97 Å². The van der Waals surface area contributed by atoms with Crippen molar-refractivity contribution in [3.8, 4) is 5.75 Å². The number of carboxylic acid groups (broad SMARTS) is 1. The van der Waals surface area contributed by atoms with Crippen LogP contribution in [0.25, 0.3) is 5.52 Å². The molecule has 1 atom stereocenters. The van der Waals surface area contributed by atoms with E-state index in [9.17, 15) is 19.5 Å². The van der Waals surface area contributed by atoms with Gasteiger partial charge in [0.15, 0.2) is 5.96 Å². The van der Waals surface area contributed by atoms with Gasteiger partial charge in [-0.25, -0.2) is 14.8 Å². The van der Waals surface area contributed by atoms with Crippen LogP contribution in [0, 0.1) is 0 Å². The average Bonchev–Trinajstić information content (AvgIpc) is 2.81. The second kappa shape index (κ2) is 11.3. The molecule has 3 rings (SSSR count). The third-order valence-corrected chi connectivity index (χ3v) is 4.53. The maximum atomic E-state index is 12.6. The van der Waals surface area contributed by atoms with Gasteiger partial charge in [-0.1, -0.05) is 0 Å². The first kappa shape index (κ1) is 24.0. The minimum Gasteiger partial charge on any atom is -0.492 e. The minimum absolute atomic E-state index is 0.0112. The number of hydrogen-bond donors (Lipinski definition) is 5. The molecule has 34 heavy (non-hydrogen) atoms. The van der Waals surface area contributed by atoms with Crippen molar-refractivity contribution in [2.75, 3.05) is 25.0 Å². The number of carbonyl (C=O) groups excluding carboxylic acids is 1. The van der Waals surface area contributed by atoms with Crippen LogP contribution < -0.4 is 32.4 Å². The normalized spacial score (nSPS) is 11.4. The molecule has 178 valence electrons. The topological polar surface area (TPSA) is 199 Å². The highest BCUT2D eigenvalue weighted by molar-refractivity contribution is 5.95. The summed E-state index contributed by atoms with van der Waals surface area (Å²) in [6.07, 6.45) is 5.02. The average molecular weight is 468 g/mol. The SMILES string of the molecule is NC(N)=NCCCOc1ccc2cc(C(=O)NCC(Nc3ncccn3)C(=O)O)cc(=O)n2c1. The summed E-state index contributed by atoms with van der Waals surface area (Å²) in [5, 5.41) is 14.5. The third kappa shape index (κ3) is 6.66. The Morgan fingerprint density at radius 3 is 2.68 bits per heavy atom. The van der Waals surface area contributed by atoms with E-state index in [1.54, 1.807) is 18.2 Å². The number of fused-ring (bicyclic) bond motifs is 1. The van der Waals surface area contributed by atoms with Crippen molar-refractivity contribution < 1.29 is 19.4 Å². The Balaban J connectivity index is 1.64. The number of amides is 1. The molecule has 0 aromatic carbocycles. The molecule has 0 aliphatic carbocycles. The first-order valence-corrected chi connectivity index (χ1v) is 10.2. The molecule has 0 radical (unpaired) electrons. The number of nitrogens with two attached hydrogens (primary N) is 2. The number of rotatable bonds is 11. The zero-order valence-corrected chi connectivity index (χ0v) is 18.0. The summed E-state index contributed by atoms with van der Waals surface area (Å²) < 4.78 is 6.95. The fraction of sp³-hybridized carbons (Fsp3) is 0.238. The second-order valence-electron chi connectivity index (χ2n) is 7.07. The van der Waals surface area contributed by atoms with E-state index in [1.807, 2.05) is 0 Å². The van der Waals surface area contributed by atoms with Crippen LogP contribution >= 0.6 is 0 Å². The lowest BCUT2D eigenvalue weighted by Crippen LogP contribution is -2.42. The number of pyridine rings is 2. The van der Waals surface area contributed by atoms with Gasteiger partial charge in [-0.3, -0.25) is 19.0 Å². The molecule has 0 bridgehead atoms. The zero-order chi connectivity index (χ0) is 24.5. The van der Waals surface area contributed by atoms with Gasteiger partial charge in [-0.05, 0) is 24.3 Å². The molecule has 1 unspecified atom stereocenters. The molecule has 3 heterocycles. The van der Waals surface area contributed by atoms with Crippen LogP contribution in [-0.2, 0) is 4.79 Å². The van der Waals surface area contributed by atoms with Crippen molar-refractivity contribution in [1.82, 2.24) is 19.7 Å². The summed E-state index contributed by atoms with van der Waals surface area (Å²) in [5.41, 5.74) is 10.6. The van der Waals surface area contributed by atoms with E-state index in [1.165, 1.54) is 29.1 Å². The van der Waals surface area contributed by atoms with Crippen molar-refractivity contribution in [3.05, 3.63) is 64.8 Å². The zero-order valence-electron chi connectivity index (χ0n) is 18.0. The van der Waals surface area contributed by atoms with Gasteiger partial charge < -0.3 is 31.9 Å². The van der Waals surface area contributed by atoms with Crippen molar-refractivity contribution in [2.45, 2.75) is 12.5 Å².